The average molecular weight is 254 g/mol. The molecule has 106 valence electrons. The molecule has 2 rings (SSSR count). The van der Waals surface area contributed by atoms with Gasteiger partial charge < -0.3 is 9.64 Å². The van der Waals surface area contributed by atoms with Crippen molar-refractivity contribution in [1.29, 1.82) is 0 Å². The van der Waals surface area contributed by atoms with Gasteiger partial charge in [0, 0.05) is 44.9 Å². The Labute approximate surface area is 112 Å². The molecule has 2 aliphatic rings. The topological polar surface area (TPSA) is 15.7 Å². The third-order valence-corrected chi connectivity index (χ3v) is 4.90. The van der Waals surface area contributed by atoms with Crippen LogP contribution in [0.5, 0.6) is 0 Å². The lowest BCUT2D eigenvalue weighted by Crippen LogP contribution is -2.54. The number of nitrogens with zero attached hydrogens (tertiary/aromatic N) is 2. The number of rotatable bonds is 5. The zero-order valence-electron chi connectivity index (χ0n) is 12.6. The van der Waals surface area contributed by atoms with E-state index in [4.69, 9.17) is 4.74 Å². The van der Waals surface area contributed by atoms with Crippen molar-refractivity contribution in [2.75, 3.05) is 26.7 Å². The number of hydrogen-bond acceptors (Lipinski definition) is 3. The van der Waals surface area contributed by atoms with Crippen molar-refractivity contribution in [3.63, 3.8) is 0 Å². The van der Waals surface area contributed by atoms with Gasteiger partial charge in [0.1, 0.15) is 0 Å². The predicted molar refractivity (Wildman–Crippen MR) is 75.9 cm³/mol. The molecule has 2 saturated heterocycles. The second kappa shape index (κ2) is 6.36. The SMILES string of the molecule is COC1CCN(C(C)CC2CCN2C(C)C)CC1. The molecule has 0 radical (unpaired) electrons. The summed E-state index contributed by atoms with van der Waals surface area (Å²) < 4.78 is 5.45. The van der Waals surface area contributed by atoms with Crippen LogP contribution in [-0.4, -0.2) is 60.8 Å². The van der Waals surface area contributed by atoms with Gasteiger partial charge in [-0.2, -0.15) is 0 Å². The summed E-state index contributed by atoms with van der Waals surface area (Å²) in [4.78, 5) is 5.31. The van der Waals surface area contributed by atoms with E-state index < -0.39 is 0 Å². The molecule has 0 bridgehead atoms. The first-order chi connectivity index (χ1) is 8.61. The average Bonchev–Trinajstić information content (AvgIpc) is 2.33. The first-order valence-corrected chi connectivity index (χ1v) is 7.64. The van der Waals surface area contributed by atoms with Crippen LogP contribution >= 0.6 is 0 Å². The van der Waals surface area contributed by atoms with Crippen LogP contribution in [0.4, 0.5) is 0 Å². The molecule has 0 spiro atoms. The Balaban J connectivity index is 1.73. The fourth-order valence-corrected chi connectivity index (χ4v) is 3.49. The van der Waals surface area contributed by atoms with Gasteiger partial charge in [0.15, 0.2) is 0 Å². The number of hydrogen-bond donors (Lipinski definition) is 0. The van der Waals surface area contributed by atoms with Gasteiger partial charge in [0.25, 0.3) is 0 Å². The Morgan fingerprint density at radius 2 is 1.72 bits per heavy atom. The van der Waals surface area contributed by atoms with Crippen LogP contribution in [0.3, 0.4) is 0 Å². The maximum absolute atomic E-state index is 5.45. The molecule has 3 nitrogen and oxygen atoms in total. The van der Waals surface area contributed by atoms with E-state index in [0.717, 1.165) is 18.1 Å². The van der Waals surface area contributed by atoms with Crippen molar-refractivity contribution in [3.05, 3.63) is 0 Å². The van der Waals surface area contributed by atoms with Gasteiger partial charge >= 0.3 is 0 Å². The van der Waals surface area contributed by atoms with Crippen LogP contribution in [0.1, 0.15) is 46.5 Å². The summed E-state index contributed by atoms with van der Waals surface area (Å²) in [5.41, 5.74) is 0. The Hall–Kier alpha value is -0.120. The van der Waals surface area contributed by atoms with E-state index in [1.807, 2.05) is 7.11 Å². The fourth-order valence-electron chi connectivity index (χ4n) is 3.49. The quantitative estimate of drug-likeness (QED) is 0.749. The Morgan fingerprint density at radius 3 is 2.17 bits per heavy atom. The van der Waals surface area contributed by atoms with E-state index in [0.29, 0.717) is 6.10 Å². The maximum Gasteiger partial charge on any atom is 0.0595 e. The van der Waals surface area contributed by atoms with Crippen molar-refractivity contribution in [3.8, 4) is 0 Å². The molecule has 0 aromatic heterocycles. The molecule has 2 unspecified atom stereocenters. The van der Waals surface area contributed by atoms with E-state index in [2.05, 4.69) is 30.6 Å². The molecule has 0 aromatic rings. The minimum absolute atomic E-state index is 0.504. The van der Waals surface area contributed by atoms with Gasteiger partial charge in [-0.3, -0.25) is 4.90 Å². The van der Waals surface area contributed by atoms with Crippen LogP contribution in [0.2, 0.25) is 0 Å². The lowest BCUT2D eigenvalue weighted by Gasteiger charge is -2.47. The summed E-state index contributed by atoms with van der Waals surface area (Å²) in [6.07, 6.45) is 5.66. The molecule has 0 aromatic carbocycles. The fraction of sp³-hybridized carbons (Fsp3) is 1.00. The lowest BCUT2D eigenvalue weighted by molar-refractivity contribution is 0.00414. The van der Waals surface area contributed by atoms with Crippen LogP contribution in [0.25, 0.3) is 0 Å². The summed E-state index contributed by atoms with van der Waals surface area (Å²) in [7, 11) is 1.85. The van der Waals surface area contributed by atoms with Crippen molar-refractivity contribution >= 4 is 0 Å². The molecule has 2 atom stereocenters. The van der Waals surface area contributed by atoms with Gasteiger partial charge in [0.2, 0.25) is 0 Å². The molecule has 2 heterocycles. The third-order valence-electron chi connectivity index (χ3n) is 4.90. The van der Waals surface area contributed by atoms with E-state index in [9.17, 15) is 0 Å². The molecule has 2 aliphatic heterocycles. The van der Waals surface area contributed by atoms with E-state index in [1.165, 1.54) is 45.3 Å². The highest BCUT2D eigenvalue weighted by Crippen LogP contribution is 2.27. The number of likely N-dealkylation sites (tertiary alicyclic amines) is 2. The molecule has 0 aliphatic carbocycles. The van der Waals surface area contributed by atoms with Gasteiger partial charge in [0.05, 0.1) is 6.10 Å². The highest BCUT2D eigenvalue weighted by atomic mass is 16.5. The van der Waals surface area contributed by atoms with Crippen molar-refractivity contribution in [2.45, 2.75) is 70.7 Å². The number of methoxy groups -OCH3 is 1. The summed E-state index contributed by atoms with van der Waals surface area (Å²) in [5, 5.41) is 0. The second-order valence-electron chi connectivity index (χ2n) is 6.33. The van der Waals surface area contributed by atoms with Crippen LogP contribution in [-0.2, 0) is 4.74 Å². The molecule has 18 heavy (non-hydrogen) atoms. The molecule has 0 saturated carbocycles. The summed E-state index contributed by atoms with van der Waals surface area (Å²) in [6, 6.07) is 2.28. The van der Waals surface area contributed by atoms with Gasteiger partial charge in [-0.1, -0.05) is 0 Å². The lowest BCUT2D eigenvalue weighted by atomic mass is 9.93. The smallest absolute Gasteiger partial charge is 0.0595 e. The second-order valence-corrected chi connectivity index (χ2v) is 6.33. The molecule has 2 fully saturated rings. The first-order valence-electron chi connectivity index (χ1n) is 7.64. The standard InChI is InChI=1S/C15H30N2O/c1-12(2)17-10-5-14(17)11-13(3)16-8-6-15(18-4)7-9-16/h12-15H,5-11H2,1-4H3. The molecule has 0 amide bonds. The molecule has 3 heteroatoms. The van der Waals surface area contributed by atoms with Crippen molar-refractivity contribution < 1.29 is 4.74 Å². The predicted octanol–water partition coefficient (Wildman–Crippen LogP) is 2.36. The first kappa shape index (κ1) is 14.3. The summed E-state index contributed by atoms with van der Waals surface area (Å²) >= 11 is 0. The zero-order valence-corrected chi connectivity index (χ0v) is 12.6. The number of ether oxygens (including phenoxy) is 1. The van der Waals surface area contributed by atoms with Gasteiger partial charge in [-0.05, 0) is 46.5 Å². The van der Waals surface area contributed by atoms with Gasteiger partial charge in [-0.15, -0.1) is 0 Å². The normalized spacial score (nSPS) is 29.5. The molecular formula is C15H30N2O. The highest BCUT2D eigenvalue weighted by Gasteiger charge is 2.32. The summed E-state index contributed by atoms with van der Waals surface area (Å²) in [6.45, 7) is 10.8. The van der Waals surface area contributed by atoms with Crippen LogP contribution in [0, 0.1) is 0 Å². The van der Waals surface area contributed by atoms with Crippen LogP contribution in [0.15, 0.2) is 0 Å². The monoisotopic (exact) mass is 254 g/mol. The van der Waals surface area contributed by atoms with Crippen molar-refractivity contribution in [1.82, 2.24) is 9.80 Å². The Bertz CT molecular complexity index is 249. The number of piperidine rings is 1. The summed E-state index contributed by atoms with van der Waals surface area (Å²) in [5.74, 6) is 0. The van der Waals surface area contributed by atoms with Crippen molar-refractivity contribution in [2.24, 2.45) is 0 Å². The largest absolute Gasteiger partial charge is 0.381 e. The Morgan fingerprint density at radius 1 is 1.06 bits per heavy atom. The van der Waals surface area contributed by atoms with Gasteiger partial charge in [-0.25, -0.2) is 0 Å². The third kappa shape index (κ3) is 3.25. The molecular weight excluding hydrogens is 224 g/mol. The minimum atomic E-state index is 0.504. The van der Waals surface area contributed by atoms with E-state index >= 15 is 0 Å². The minimum Gasteiger partial charge on any atom is -0.381 e. The highest BCUT2D eigenvalue weighted by molar-refractivity contribution is 4.89. The van der Waals surface area contributed by atoms with E-state index in [-0.39, 0.29) is 0 Å². The Kier molecular flexibility index (Phi) is 5.05. The zero-order chi connectivity index (χ0) is 13.1. The van der Waals surface area contributed by atoms with Crippen LogP contribution < -0.4 is 0 Å². The maximum atomic E-state index is 5.45. The molecule has 0 N–H and O–H groups in total. The van der Waals surface area contributed by atoms with E-state index in [1.54, 1.807) is 0 Å².